The molecule has 2 aliphatic heterocycles. The van der Waals surface area contributed by atoms with Crippen molar-refractivity contribution < 1.29 is 14.4 Å². The Balaban J connectivity index is 1.99. The lowest BCUT2D eigenvalue weighted by atomic mass is 9.91. The second-order valence-electron chi connectivity index (χ2n) is 9.65. The van der Waals surface area contributed by atoms with Crippen molar-refractivity contribution in [3.05, 3.63) is 0 Å². The molecule has 0 aromatic heterocycles. The molecular formula is C21H37N3O3. The summed E-state index contributed by atoms with van der Waals surface area (Å²) in [5.41, 5.74) is -0.0943. The molecular weight excluding hydrogens is 342 g/mol. The molecule has 2 fully saturated rings. The molecule has 0 aromatic rings. The number of carbonyl (C=O) groups excluding carboxylic acids is 3. The fourth-order valence-electron chi connectivity index (χ4n) is 4.01. The van der Waals surface area contributed by atoms with Crippen molar-refractivity contribution in [2.45, 2.75) is 85.2 Å². The number of nitrogens with zero attached hydrogens (tertiary/aromatic N) is 2. The third kappa shape index (κ3) is 5.94. The number of urea groups is 1. The van der Waals surface area contributed by atoms with Gasteiger partial charge in [-0.3, -0.25) is 9.59 Å². The molecule has 1 N–H and O–H groups in total. The minimum absolute atomic E-state index is 0.0475. The van der Waals surface area contributed by atoms with Crippen molar-refractivity contribution >= 4 is 17.7 Å². The fraction of sp³-hybridized carbons (Fsp3) is 0.857. The summed E-state index contributed by atoms with van der Waals surface area (Å²) in [5.74, 6) is 0.637. The number of rotatable bonds is 6. The lowest BCUT2D eigenvalue weighted by Crippen LogP contribution is -2.52. The van der Waals surface area contributed by atoms with Gasteiger partial charge in [0.25, 0.3) is 0 Å². The number of hydrogen-bond acceptors (Lipinski definition) is 3. The van der Waals surface area contributed by atoms with E-state index in [4.69, 9.17) is 0 Å². The highest BCUT2D eigenvalue weighted by Gasteiger charge is 2.42. The lowest BCUT2D eigenvalue weighted by molar-refractivity contribution is -0.140. The number of nitrogens with one attached hydrogen (secondary N) is 1. The zero-order valence-corrected chi connectivity index (χ0v) is 17.7. The van der Waals surface area contributed by atoms with Crippen LogP contribution in [0.15, 0.2) is 0 Å². The van der Waals surface area contributed by atoms with Crippen LogP contribution in [0.25, 0.3) is 0 Å². The van der Waals surface area contributed by atoms with Crippen molar-refractivity contribution in [1.29, 1.82) is 0 Å². The van der Waals surface area contributed by atoms with Crippen LogP contribution in [0.2, 0.25) is 0 Å². The van der Waals surface area contributed by atoms with Crippen molar-refractivity contribution in [2.24, 2.45) is 11.3 Å². The summed E-state index contributed by atoms with van der Waals surface area (Å²) in [6.45, 7) is 12.3. The van der Waals surface area contributed by atoms with Crippen LogP contribution < -0.4 is 5.32 Å². The highest BCUT2D eigenvalue weighted by molar-refractivity contribution is 5.95. The number of ketones is 1. The Kier molecular flexibility index (Phi) is 7.29. The van der Waals surface area contributed by atoms with Crippen molar-refractivity contribution in [3.8, 4) is 0 Å². The normalized spacial score (nSPS) is 23.2. The molecule has 2 atom stereocenters. The average Bonchev–Trinajstić information content (AvgIpc) is 3.21. The maximum absolute atomic E-state index is 13.2. The van der Waals surface area contributed by atoms with E-state index in [0.29, 0.717) is 44.8 Å². The molecule has 6 nitrogen and oxygen atoms in total. The standard InChI is InChI=1S/C21H37N3O3/c1-15(2)10-11-22-20(27)24-13-7-9-17(24)19(26)16-8-6-12-23(16)18(25)14-21(3,4)5/h15-17H,6-14H2,1-5H3,(H,22,27)/t16-,17?/m0/s1. The van der Waals surface area contributed by atoms with Gasteiger partial charge in [-0.25, -0.2) is 4.79 Å². The molecule has 154 valence electrons. The average molecular weight is 380 g/mol. The lowest BCUT2D eigenvalue weighted by Gasteiger charge is -2.31. The van der Waals surface area contributed by atoms with Crippen molar-refractivity contribution in [3.63, 3.8) is 0 Å². The third-order valence-electron chi connectivity index (χ3n) is 5.42. The highest BCUT2D eigenvalue weighted by atomic mass is 16.2. The van der Waals surface area contributed by atoms with E-state index in [0.717, 1.165) is 19.3 Å². The SMILES string of the molecule is CC(C)CCNC(=O)N1CCCC1C(=O)[C@@H]1CCCN1C(=O)CC(C)(C)C. The molecule has 6 heteroatoms. The summed E-state index contributed by atoms with van der Waals surface area (Å²) in [5, 5.41) is 2.95. The molecule has 1 unspecified atom stereocenters. The van der Waals surface area contributed by atoms with Crippen LogP contribution >= 0.6 is 0 Å². The Labute approximate surface area is 164 Å². The molecule has 0 radical (unpaired) electrons. The first kappa shape index (κ1) is 21.7. The van der Waals surface area contributed by atoms with E-state index in [-0.39, 0.29) is 29.2 Å². The van der Waals surface area contributed by atoms with Gasteiger partial charge in [-0.15, -0.1) is 0 Å². The Morgan fingerprint density at radius 1 is 1.00 bits per heavy atom. The van der Waals surface area contributed by atoms with Crippen LogP contribution in [-0.4, -0.2) is 59.2 Å². The van der Waals surface area contributed by atoms with Crippen LogP contribution in [0.4, 0.5) is 4.79 Å². The van der Waals surface area contributed by atoms with E-state index in [1.165, 1.54) is 0 Å². The van der Waals surface area contributed by atoms with Crippen LogP contribution in [0, 0.1) is 11.3 Å². The van der Waals surface area contributed by atoms with E-state index in [9.17, 15) is 14.4 Å². The summed E-state index contributed by atoms with van der Waals surface area (Å²) in [6.07, 6.45) is 4.50. The van der Waals surface area contributed by atoms with Gasteiger partial charge in [0.2, 0.25) is 5.91 Å². The maximum Gasteiger partial charge on any atom is 0.318 e. The summed E-state index contributed by atoms with van der Waals surface area (Å²) < 4.78 is 0. The summed E-state index contributed by atoms with van der Waals surface area (Å²) in [4.78, 5) is 41.9. The summed E-state index contributed by atoms with van der Waals surface area (Å²) >= 11 is 0. The topological polar surface area (TPSA) is 69.7 Å². The second-order valence-corrected chi connectivity index (χ2v) is 9.65. The molecule has 27 heavy (non-hydrogen) atoms. The molecule has 2 rings (SSSR count). The minimum Gasteiger partial charge on any atom is -0.338 e. The first-order chi connectivity index (χ1) is 12.6. The molecule has 0 spiro atoms. The predicted octanol–water partition coefficient (Wildman–Crippen LogP) is 3.20. The van der Waals surface area contributed by atoms with Crippen LogP contribution in [0.3, 0.4) is 0 Å². The predicted molar refractivity (Wildman–Crippen MR) is 106 cm³/mol. The molecule has 0 aromatic carbocycles. The van der Waals surface area contributed by atoms with Gasteiger partial charge in [-0.1, -0.05) is 34.6 Å². The number of Topliss-reactive ketones (excluding diaryl/α,β-unsaturated/α-hetero) is 1. The third-order valence-corrected chi connectivity index (χ3v) is 5.42. The zero-order chi connectivity index (χ0) is 20.2. The van der Waals surface area contributed by atoms with Gasteiger partial charge in [0.15, 0.2) is 5.78 Å². The Hall–Kier alpha value is -1.59. The first-order valence-corrected chi connectivity index (χ1v) is 10.5. The number of hydrogen-bond donors (Lipinski definition) is 1. The van der Waals surface area contributed by atoms with Crippen LogP contribution in [0.5, 0.6) is 0 Å². The van der Waals surface area contributed by atoms with E-state index in [1.54, 1.807) is 9.80 Å². The summed E-state index contributed by atoms with van der Waals surface area (Å²) in [7, 11) is 0. The van der Waals surface area contributed by atoms with E-state index in [2.05, 4.69) is 19.2 Å². The fourth-order valence-corrected chi connectivity index (χ4v) is 4.01. The van der Waals surface area contributed by atoms with Gasteiger partial charge >= 0.3 is 6.03 Å². The van der Waals surface area contributed by atoms with Gasteiger partial charge < -0.3 is 15.1 Å². The molecule has 2 heterocycles. The first-order valence-electron chi connectivity index (χ1n) is 10.5. The maximum atomic E-state index is 13.2. The second kappa shape index (κ2) is 9.07. The summed E-state index contributed by atoms with van der Waals surface area (Å²) in [6, 6.07) is -0.900. The molecule has 3 amide bonds. The monoisotopic (exact) mass is 379 g/mol. The van der Waals surface area contributed by atoms with Crippen LogP contribution in [0.1, 0.15) is 73.1 Å². The van der Waals surface area contributed by atoms with E-state index in [1.807, 2.05) is 20.8 Å². The number of amides is 3. The zero-order valence-electron chi connectivity index (χ0n) is 17.7. The van der Waals surface area contributed by atoms with E-state index < -0.39 is 6.04 Å². The highest BCUT2D eigenvalue weighted by Crippen LogP contribution is 2.28. The van der Waals surface area contributed by atoms with Crippen molar-refractivity contribution in [1.82, 2.24) is 15.1 Å². The van der Waals surface area contributed by atoms with Gasteiger partial charge in [0.05, 0.1) is 12.1 Å². The Bertz CT molecular complexity index is 553. The molecule has 2 saturated heterocycles. The smallest absolute Gasteiger partial charge is 0.318 e. The number of likely N-dealkylation sites (tertiary alicyclic amines) is 2. The minimum atomic E-state index is -0.392. The molecule has 0 saturated carbocycles. The van der Waals surface area contributed by atoms with Gasteiger partial charge in [-0.2, -0.15) is 0 Å². The quantitative estimate of drug-likeness (QED) is 0.770. The molecule has 0 bridgehead atoms. The van der Waals surface area contributed by atoms with Gasteiger partial charge in [0, 0.05) is 26.1 Å². The van der Waals surface area contributed by atoms with E-state index >= 15 is 0 Å². The van der Waals surface area contributed by atoms with Gasteiger partial charge in [-0.05, 0) is 43.4 Å². The largest absolute Gasteiger partial charge is 0.338 e. The molecule has 0 aliphatic carbocycles. The van der Waals surface area contributed by atoms with Crippen molar-refractivity contribution in [2.75, 3.05) is 19.6 Å². The Morgan fingerprint density at radius 3 is 2.11 bits per heavy atom. The van der Waals surface area contributed by atoms with Crippen LogP contribution in [-0.2, 0) is 9.59 Å². The van der Waals surface area contributed by atoms with Gasteiger partial charge in [0.1, 0.15) is 0 Å². The Morgan fingerprint density at radius 2 is 1.56 bits per heavy atom. The molecule has 2 aliphatic rings. The number of carbonyl (C=O) groups is 3.